The van der Waals surface area contributed by atoms with Gasteiger partial charge in [0.2, 0.25) is 0 Å². The van der Waals surface area contributed by atoms with Crippen molar-refractivity contribution in [1.82, 2.24) is 14.8 Å². The molecular formula is C16H11ClN4OS. The summed E-state index contributed by atoms with van der Waals surface area (Å²) in [5.74, 6) is -1.24. The van der Waals surface area contributed by atoms with Crippen LogP contribution in [0, 0.1) is 18.3 Å². The molecule has 2 heterocycles. The fourth-order valence-corrected chi connectivity index (χ4v) is 3.18. The van der Waals surface area contributed by atoms with Crippen molar-refractivity contribution in [2.75, 3.05) is 0 Å². The second-order valence-corrected chi connectivity index (χ2v) is 6.18. The number of aromatic nitrogens is 3. The molecule has 114 valence electrons. The van der Waals surface area contributed by atoms with Crippen molar-refractivity contribution in [1.29, 1.82) is 5.26 Å². The van der Waals surface area contributed by atoms with Crippen LogP contribution in [0.15, 0.2) is 42.0 Å². The Kier molecular flexibility index (Phi) is 4.24. The number of Topliss-reactive ketones (excluding diaryl/α,β-unsaturated/α-hetero) is 1. The number of halogens is 1. The van der Waals surface area contributed by atoms with Gasteiger partial charge < -0.3 is 0 Å². The molecule has 0 bridgehead atoms. The third-order valence-electron chi connectivity index (χ3n) is 3.24. The van der Waals surface area contributed by atoms with Gasteiger partial charge in [0.25, 0.3) is 0 Å². The van der Waals surface area contributed by atoms with Crippen LogP contribution in [0.2, 0.25) is 5.02 Å². The first-order valence-corrected chi connectivity index (χ1v) is 8.01. The summed E-state index contributed by atoms with van der Waals surface area (Å²) in [4.78, 5) is 16.8. The Hall–Kier alpha value is -2.49. The fourth-order valence-electron chi connectivity index (χ4n) is 2.12. The largest absolute Gasteiger partial charge is 0.292 e. The molecule has 5 nitrogen and oxygen atoms in total. The molecule has 0 amide bonds. The summed E-state index contributed by atoms with van der Waals surface area (Å²) in [6.07, 6.45) is 3.02. The highest BCUT2D eigenvalue weighted by Crippen LogP contribution is 2.25. The van der Waals surface area contributed by atoms with E-state index in [4.69, 9.17) is 11.6 Å². The molecule has 0 spiro atoms. The van der Waals surface area contributed by atoms with Crippen LogP contribution in [-0.2, 0) is 0 Å². The first kappa shape index (κ1) is 15.4. The number of thiazole rings is 1. The molecule has 23 heavy (non-hydrogen) atoms. The molecule has 1 aromatic carbocycles. The van der Waals surface area contributed by atoms with E-state index in [1.54, 1.807) is 18.3 Å². The van der Waals surface area contributed by atoms with Gasteiger partial charge in [0.15, 0.2) is 11.7 Å². The molecule has 7 heteroatoms. The lowest BCUT2D eigenvalue weighted by Crippen LogP contribution is -2.10. The number of benzene rings is 1. The van der Waals surface area contributed by atoms with Gasteiger partial charge >= 0.3 is 0 Å². The summed E-state index contributed by atoms with van der Waals surface area (Å²) in [7, 11) is 0. The first-order valence-electron chi connectivity index (χ1n) is 6.75. The van der Waals surface area contributed by atoms with Crippen LogP contribution in [0.4, 0.5) is 0 Å². The number of nitrogens with zero attached hydrogens (tertiary/aromatic N) is 4. The molecule has 0 fully saturated rings. The minimum absolute atomic E-state index is 0.319. The quantitative estimate of drug-likeness (QED) is 0.676. The Balaban J connectivity index is 1.92. The normalized spacial score (nSPS) is 11.9. The maximum absolute atomic E-state index is 12.6. The molecule has 3 rings (SSSR count). The maximum Gasteiger partial charge on any atom is 0.190 e. The third-order valence-corrected chi connectivity index (χ3v) is 4.59. The molecular weight excluding hydrogens is 332 g/mol. The van der Waals surface area contributed by atoms with Gasteiger partial charge in [0.05, 0.1) is 28.5 Å². The molecule has 0 saturated carbocycles. The van der Waals surface area contributed by atoms with Crippen molar-refractivity contribution in [2.24, 2.45) is 0 Å². The molecule has 0 aliphatic rings. The monoisotopic (exact) mass is 342 g/mol. The van der Waals surface area contributed by atoms with Gasteiger partial charge in [-0.3, -0.25) is 4.79 Å². The van der Waals surface area contributed by atoms with Crippen molar-refractivity contribution >= 4 is 28.7 Å². The Bertz CT molecular complexity index is 909. The van der Waals surface area contributed by atoms with Crippen molar-refractivity contribution in [3.05, 3.63) is 63.3 Å². The minimum atomic E-state index is -0.919. The number of aryl methyl sites for hydroxylation is 1. The molecule has 2 aromatic heterocycles. The summed E-state index contributed by atoms with van der Waals surface area (Å²) >= 11 is 7.44. The van der Waals surface area contributed by atoms with Crippen LogP contribution in [0.3, 0.4) is 0 Å². The zero-order valence-corrected chi connectivity index (χ0v) is 13.7. The maximum atomic E-state index is 12.6. The minimum Gasteiger partial charge on any atom is -0.292 e. The summed E-state index contributed by atoms with van der Waals surface area (Å²) in [5.41, 5.74) is 1.82. The van der Waals surface area contributed by atoms with Gasteiger partial charge in [0, 0.05) is 17.3 Å². The average molecular weight is 343 g/mol. The number of para-hydroxylation sites is 1. The molecule has 3 aromatic rings. The van der Waals surface area contributed by atoms with Crippen molar-refractivity contribution < 1.29 is 4.79 Å². The lowest BCUT2D eigenvalue weighted by molar-refractivity contribution is 0.0979. The fraction of sp³-hybridized carbons (Fsp3) is 0.125. The number of hydrogen-bond donors (Lipinski definition) is 0. The van der Waals surface area contributed by atoms with Crippen LogP contribution in [0.25, 0.3) is 5.69 Å². The molecule has 1 unspecified atom stereocenters. The Labute approximate surface area is 141 Å². The van der Waals surface area contributed by atoms with Gasteiger partial charge in [-0.25, -0.2) is 9.67 Å². The summed E-state index contributed by atoms with van der Waals surface area (Å²) in [6.45, 7) is 1.83. The Morgan fingerprint density at radius 1 is 1.43 bits per heavy atom. The van der Waals surface area contributed by atoms with Crippen LogP contribution < -0.4 is 0 Å². The number of ketones is 1. The SMILES string of the molecule is Cc1csc(C(C#N)C(=O)c2cnn(-c3ccccc3Cl)c2)n1. The molecule has 0 aliphatic carbocycles. The van der Waals surface area contributed by atoms with E-state index in [2.05, 4.69) is 10.1 Å². The van der Waals surface area contributed by atoms with E-state index >= 15 is 0 Å². The van der Waals surface area contributed by atoms with Crippen molar-refractivity contribution in [3.63, 3.8) is 0 Å². The number of hydrogen-bond acceptors (Lipinski definition) is 5. The molecule has 0 N–H and O–H groups in total. The lowest BCUT2D eigenvalue weighted by Gasteiger charge is -2.04. The van der Waals surface area contributed by atoms with E-state index < -0.39 is 5.92 Å². The summed E-state index contributed by atoms with van der Waals surface area (Å²) < 4.78 is 1.52. The second kappa shape index (κ2) is 6.32. The van der Waals surface area contributed by atoms with Gasteiger partial charge in [0.1, 0.15) is 5.01 Å². The van der Waals surface area contributed by atoms with Crippen LogP contribution in [-0.4, -0.2) is 20.5 Å². The molecule has 0 saturated heterocycles. The highest BCUT2D eigenvalue weighted by atomic mass is 35.5. The highest BCUT2D eigenvalue weighted by molar-refractivity contribution is 7.10. The Morgan fingerprint density at radius 3 is 2.87 bits per heavy atom. The van der Waals surface area contributed by atoms with E-state index in [0.717, 1.165) is 5.69 Å². The standard InChI is InChI=1S/C16H11ClN4OS/c1-10-9-23-16(20-10)12(6-18)15(22)11-7-19-21(8-11)14-5-3-2-4-13(14)17/h2-5,7-9,12H,1H3. The van der Waals surface area contributed by atoms with Crippen LogP contribution >= 0.6 is 22.9 Å². The van der Waals surface area contributed by atoms with Gasteiger partial charge in [-0.1, -0.05) is 23.7 Å². The molecule has 0 radical (unpaired) electrons. The molecule has 1 atom stereocenters. The number of rotatable bonds is 4. The first-order chi connectivity index (χ1) is 11.1. The zero-order valence-electron chi connectivity index (χ0n) is 12.1. The number of nitriles is 1. The van der Waals surface area contributed by atoms with Crippen LogP contribution in [0.1, 0.15) is 27.0 Å². The predicted molar refractivity (Wildman–Crippen MR) is 88.1 cm³/mol. The van der Waals surface area contributed by atoms with E-state index in [1.165, 1.54) is 22.2 Å². The van der Waals surface area contributed by atoms with E-state index in [1.807, 2.05) is 30.5 Å². The van der Waals surface area contributed by atoms with Crippen molar-refractivity contribution in [2.45, 2.75) is 12.8 Å². The average Bonchev–Trinajstić information content (AvgIpc) is 3.18. The predicted octanol–water partition coefficient (Wildman–Crippen LogP) is 3.78. The molecule has 0 aliphatic heterocycles. The van der Waals surface area contributed by atoms with Crippen molar-refractivity contribution in [3.8, 4) is 11.8 Å². The van der Waals surface area contributed by atoms with E-state index in [9.17, 15) is 10.1 Å². The van der Waals surface area contributed by atoms with Gasteiger partial charge in [-0.15, -0.1) is 11.3 Å². The Morgan fingerprint density at radius 2 is 2.22 bits per heavy atom. The summed E-state index contributed by atoms with van der Waals surface area (Å²) in [5, 5.41) is 16.4. The van der Waals surface area contributed by atoms with E-state index in [0.29, 0.717) is 21.3 Å². The van der Waals surface area contributed by atoms with Gasteiger partial charge in [-0.2, -0.15) is 10.4 Å². The third kappa shape index (κ3) is 3.02. The topological polar surface area (TPSA) is 71.6 Å². The lowest BCUT2D eigenvalue weighted by atomic mass is 10.0. The smallest absolute Gasteiger partial charge is 0.190 e. The van der Waals surface area contributed by atoms with E-state index in [-0.39, 0.29) is 5.78 Å². The van der Waals surface area contributed by atoms with Crippen LogP contribution in [0.5, 0.6) is 0 Å². The number of carbonyl (C=O) groups is 1. The number of carbonyl (C=O) groups excluding carboxylic acids is 1. The summed E-state index contributed by atoms with van der Waals surface area (Å²) in [6, 6.07) is 9.22. The highest BCUT2D eigenvalue weighted by Gasteiger charge is 2.26. The zero-order chi connectivity index (χ0) is 16.4. The second-order valence-electron chi connectivity index (χ2n) is 4.88. The van der Waals surface area contributed by atoms with Gasteiger partial charge in [-0.05, 0) is 19.1 Å².